The van der Waals surface area contributed by atoms with E-state index >= 15 is 0 Å². The summed E-state index contributed by atoms with van der Waals surface area (Å²) < 4.78 is 36.2. The summed E-state index contributed by atoms with van der Waals surface area (Å²) in [6, 6.07) is 0. The molecule has 0 aromatic heterocycles. The standard InChI is InChI=1S/C9H16F3NO/c1-8(3-4-13(2)6-8)7(14)5-9(10,11)12/h7,14H,3-6H2,1-2H3. The van der Waals surface area contributed by atoms with Gasteiger partial charge in [-0.1, -0.05) is 6.92 Å². The van der Waals surface area contributed by atoms with Crippen LogP contribution in [0.4, 0.5) is 13.2 Å². The SMILES string of the molecule is CN1CCC(C)(C(O)CC(F)(F)F)C1. The molecule has 0 radical (unpaired) electrons. The minimum Gasteiger partial charge on any atom is -0.392 e. The van der Waals surface area contributed by atoms with E-state index in [0.29, 0.717) is 13.0 Å². The van der Waals surface area contributed by atoms with Gasteiger partial charge in [0.25, 0.3) is 0 Å². The number of halogens is 3. The van der Waals surface area contributed by atoms with Crippen LogP contribution in [0.5, 0.6) is 0 Å². The van der Waals surface area contributed by atoms with Crippen LogP contribution in [0.15, 0.2) is 0 Å². The molecule has 0 saturated carbocycles. The molecule has 1 aliphatic rings. The van der Waals surface area contributed by atoms with Crippen molar-refractivity contribution < 1.29 is 18.3 Å². The minimum absolute atomic E-state index is 0.532. The molecule has 1 aliphatic heterocycles. The maximum atomic E-state index is 12.1. The van der Waals surface area contributed by atoms with Gasteiger partial charge in [-0.2, -0.15) is 13.2 Å². The lowest BCUT2D eigenvalue weighted by molar-refractivity contribution is -0.166. The number of aliphatic hydroxyl groups is 1. The van der Waals surface area contributed by atoms with Gasteiger partial charge >= 0.3 is 6.18 Å². The largest absolute Gasteiger partial charge is 0.392 e. The Morgan fingerprint density at radius 1 is 1.50 bits per heavy atom. The molecule has 1 saturated heterocycles. The van der Waals surface area contributed by atoms with E-state index in [0.717, 1.165) is 6.54 Å². The van der Waals surface area contributed by atoms with Gasteiger partial charge in [-0.25, -0.2) is 0 Å². The first-order chi connectivity index (χ1) is 6.23. The van der Waals surface area contributed by atoms with Crippen LogP contribution in [0.1, 0.15) is 19.8 Å². The van der Waals surface area contributed by atoms with Crippen molar-refractivity contribution in [2.75, 3.05) is 20.1 Å². The smallest absolute Gasteiger partial charge is 0.391 e. The molecule has 1 rings (SSSR count). The van der Waals surface area contributed by atoms with Crippen molar-refractivity contribution in [3.63, 3.8) is 0 Å². The lowest BCUT2D eigenvalue weighted by Crippen LogP contribution is -2.37. The Bertz CT molecular complexity index is 207. The number of hydrogen-bond acceptors (Lipinski definition) is 2. The fourth-order valence-electron chi connectivity index (χ4n) is 1.96. The third-order valence-corrected chi connectivity index (χ3v) is 2.93. The van der Waals surface area contributed by atoms with Crippen LogP contribution in [-0.2, 0) is 0 Å². The zero-order valence-corrected chi connectivity index (χ0v) is 8.43. The van der Waals surface area contributed by atoms with Crippen molar-refractivity contribution in [1.82, 2.24) is 4.90 Å². The van der Waals surface area contributed by atoms with Crippen LogP contribution in [0.25, 0.3) is 0 Å². The van der Waals surface area contributed by atoms with E-state index in [9.17, 15) is 18.3 Å². The molecule has 84 valence electrons. The molecule has 0 bridgehead atoms. The summed E-state index contributed by atoms with van der Waals surface area (Å²) in [6.07, 6.45) is -6.03. The van der Waals surface area contributed by atoms with E-state index in [-0.39, 0.29) is 0 Å². The van der Waals surface area contributed by atoms with E-state index in [4.69, 9.17) is 0 Å². The van der Waals surface area contributed by atoms with Crippen molar-refractivity contribution >= 4 is 0 Å². The van der Waals surface area contributed by atoms with E-state index in [1.165, 1.54) is 0 Å². The second-order valence-corrected chi connectivity index (χ2v) is 4.48. The van der Waals surface area contributed by atoms with Gasteiger partial charge in [-0.05, 0) is 20.0 Å². The Labute approximate surface area is 81.7 Å². The van der Waals surface area contributed by atoms with Crippen LogP contribution >= 0.6 is 0 Å². The molecule has 2 nitrogen and oxygen atoms in total. The third-order valence-electron chi connectivity index (χ3n) is 2.93. The molecule has 1 N–H and O–H groups in total. The van der Waals surface area contributed by atoms with Gasteiger partial charge in [-0.15, -0.1) is 0 Å². The third kappa shape index (κ3) is 2.85. The van der Waals surface area contributed by atoms with Gasteiger partial charge in [0.15, 0.2) is 0 Å². The molecule has 5 heteroatoms. The first kappa shape index (κ1) is 11.8. The van der Waals surface area contributed by atoms with Gasteiger partial charge in [0.05, 0.1) is 12.5 Å². The summed E-state index contributed by atoms with van der Waals surface area (Å²) >= 11 is 0. The molecular weight excluding hydrogens is 195 g/mol. The number of hydrogen-bond donors (Lipinski definition) is 1. The molecule has 0 aromatic rings. The Morgan fingerprint density at radius 3 is 2.43 bits per heavy atom. The van der Waals surface area contributed by atoms with Crippen LogP contribution < -0.4 is 0 Å². The Balaban J connectivity index is 2.56. The van der Waals surface area contributed by atoms with Gasteiger partial charge < -0.3 is 10.0 Å². The molecular formula is C9H16F3NO. The summed E-state index contributed by atoms with van der Waals surface area (Å²) in [7, 11) is 1.85. The summed E-state index contributed by atoms with van der Waals surface area (Å²) in [5.41, 5.74) is -0.607. The Morgan fingerprint density at radius 2 is 2.07 bits per heavy atom. The van der Waals surface area contributed by atoms with Crippen molar-refractivity contribution in [2.45, 2.75) is 32.0 Å². The topological polar surface area (TPSA) is 23.5 Å². The minimum atomic E-state index is -4.27. The van der Waals surface area contributed by atoms with Gasteiger partial charge in [0.1, 0.15) is 0 Å². The van der Waals surface area contributed by atoms with E-state index in [2.05, 4.69) is 0 Å². The molecule has 0 amide bonds. The zero-order valence-electron chi connectivity index (χ0n) is 8.43. The van der Waals surface area contributed by atoms with Gasteiger partial charge in [0.2, 0.25) is 0 Å². The van der Waals surface area contributed by atoms with E-state index in [1.807, 2.05) is 11.9 Å². The van der Waals surface area contributed by atoms with Gasteiger partial charge in [-0.3, -0.25) is 0 Å². The number of rotatable bonds is 2. The lowest BCUT2D eigenvalue weighted by atomic mass is 9.82. The lowest BCUT2D eigenvalue weighted by Gasteiger charge is -2.30. The van der Waals surface area contributed by atoms with Gasteiger partial charge in [0, 0.05) is 12.0 Å². The predicted molar refractivity (Wildman–Crippen MR) is 46.9 cm³/mol. The maximum Gasteiger partial charge on any atom is 0.391 e. The quantitative estimate of drug-likeness (QED) is 0.750. The summed E-state index contributed by atoms with van der Waals surface area (Å²) in [5.74, 6) is 0. The van der Waals surface area contributed by atoms with E-state index < -0.39 is 24.1 Å². The van der Waals surface area contributed by atoms with Crippen molar-refractivity contribution in [1.29, 1.82) is 0 Å². The second kappa shape index (κ2) is 3.70. The fraction of sp³-hybridized carbons (Fsp3) is 1.00. The zero-order chi connectivity index (χ0) is 11.0. The summed E-state index contributed by atoms with van der Waals surface area (Å²) in [6.45, 7) is 3.00. The molecule has 1 fully saturated rings. The summed E-state index contributed by atoms with van der Waals surface area (Å²) in [5, 5.41) is 9.51. The highest BCUT2D eigenvalue weighted by Gasteiger charge is 2.43. The van der Waals surface area contributed by atoms with Crippen LogP contribution in [0.3, 0.4) is 0 Å². The monoisotopic (exact) mass is 211 g/mol. The first-order valence-corrected chi connectivity index (χ1v) is 4.66. The normalized spacial score (nSPS) is 32.1. The fourth-order valence-corrected chi connectivity index (χ4v) is 1.96. The van der Waals surface area contributed by atoms with Crippen molar-refractivity contribution in [3.8, 4) is 0 Å². The number of aliphatic hydroxyl groups excluding tert-OH is 1. The highest BCUT2D eigenvalue weighted by Crippen LogP contribution is 2.37. The number of nitrogens with zero attached hydrogens (tertiary/aromatic N) is 1. The highest BCUT2D eigenvalue weighted by molar-refractivity contribution is 4.91. The maximum absolute atomic E-state index is 12.1. The molecule has 0 aliphatic carbocycles. The predicted octanol–water partition coefficient (Wildman–Crippen LogP) is 1.64. The Kier molecular flexibility index (Phi) is 3.11. The molecule has 14 heavy (non-hydrogen) atoms. The second-order valence-electron chi connectivity index (χ2n) is 4.48. The first-order valence-electron chi connectivity index (χ1n) is 4.66. The van der Waals surface area contributed by atoms with Crippen LogP contribution in [-0.4, -0.2) is 42.4 Å². The Hall–Kier alpha value is -0.290. The molecule has 2 atom stereocenters. The molecule has 2 unspecified atom stereocenters. The summed E-state index contributed by atoms with van der Waals surface area (Å²) in [4.78, 5) is 1.94. The number of likely N-dealkylation sites (tertiary alicyclic amines) is 1. The number of alkyl halides is 3. The van der Waals surface area contributed by atoms with Crippen LogP contribution in [0, 0.1) is 5.41 Å². The molecule has 0 spiro atoms. The van der Waals surface area contributed by atoms with Crippen molar-refractivity contribution in [2.24, 2.45) is 5.41 Å². The average molecular weight is 211 g/mol. The van der Waals surface area contributed by atoms with Crippen molar-refractivity contribution in [3.05, 3.63) is 0 Å². The highest BCUT2D eigenvalue weighted by atomic mass is 19.4. The molecule has 1 heterocycles. The van der Waals surface area contributed by atoms with Crippen LogP contribution in [0.2, 0.25) is 0 Å². The molecule has 0 aromatic carbocycles. The average Bonchev–Trinajstić information content (AvgIpc) is 2.29. The van der Waals surface area contributed by atoms with E-state index in [1.54, 1.807) is 6.92 Å².